The summed E-state index contributed by atoms with van der Waals surface area (Å²) in [6.45, 7) is 6.04. The van der Waals surface area contributed by atoms with Crippen LogP contribution in [0.2, 0.25) is 0 Å². The molecule has 0 aromatic heterocycles. The van der Waals surface area contributed by atoms with Crippen molar-refractivity contribution in [2.45, 2.75) is 71.1 Å². The Bertz CT molecular complexity index is 220. The van der Waals surface area contributed by atoms with E-state index in [1.165, 1.54) is 44.9 Å². The molecule has 1 radical (unpaired) electrons. The molecule has 0 aliphatic rings. The second kappa shape index (κ2) is 16.2. The van der Waals surface area contributed by atoms with Gasteiger partial charge in [0.05, 0.1) is 0 Å². The molecule has 0 fully saturated rings. The van der Waals surface area contributed by atoms with Crippen LogP contribution in [0.4, 0.5) is 0 Å². The summed E-state index contributed by atoms with van der Waals surface area (Å²) in [4.78, 5) is 0. The Morgan fingerprint density at radius 3 is 2.00 bits per heavy atom. The van der Waals surface area contributed by atoms with Crippen LogP contribution in [0.1, 0.15) is 71.1 Å². The average Bonchev–Trinajstić information content (AvgIpc) is 2.39. The fraction of sp³-hybridized carbons (Fsp3) is 0.611. The molecule has 0 saturated heterocycles. The molecule has 0 heteroatoms. The molecule has 103 valence electrons. The lowest BCUT2D eigenvalue weighted by molar-refractivity contribution is 0.621. The summed E-state index contributed by atoms with van der Waals surface area (Å²) in [5, 5.41) is 0. The topological polar surface area (TPSA) is 0 Å². The van der Waals surface area contributed by atoms with Crippen LogP contribution >= 0.6 is 0 Å². The minimum Gasteiger partial charge on any atom is -0.0888 e. The van der Waals surface area contributed by atoms with Gasteiger partial charge < -0.3 is 0 Å². The van der Waals surface area contributed by atoms with E-state index in [9.17, 15) is 0 Å². The third kappa shape index (κ3) is 15.2. The van der Waals surface area contributed by atoms with E-state index < -0.39 is 0 Å². The molecule has 0 nitrogen and oxygen atoms in total. The van der Waals surface area contributed by atoms with Crippen molar-refractivity contribution in [2.75, 3.05) is 0 Å². The molecular formula is C18H31. The fourth-order valence-electron chi connectivity index (χ4n) is 1.80. The van der Waals surface area contributed by atoms with E-state index in [-0.39, 0.29) is 0 Å². The van der Waals surface area contributed by atoms with Gasteiger partial charge in [0.2, 0.25) is 0 Å². The summed E-state index contributed by atoms with van der Waals surface area (Å²) >= 11 is 0. The number of allylic oxidation sites excluding steroid dienone is 6. The van der Waals surface area contributed by atoms with Gasteiger partial charge in [-0.3, -0.25) is 0 Å². The highest BCUT2D eigenvalue weighted by Gasteiger charge is 1.87. The lowest BCUT2D eigenvalue weighted by atomic mass is 10.1. The summed E-state index contributed by atoms with van der Waals surface area (Å²) in [5.41, 5.74) is 0. The summed E-state index contributed by atoms with van der Waals surface area (Å²) in [5.74, 6) is 0. The standard InChI is InChI=1S/C18H31/c1-3-5-7-9-11-13-15-17-18-16-14-12-10-8-6-4-2/h6,8,14,16-18H,1,3-5,7,9-13,15H2,2H3/b8-6+,16-14-,18-17+. The van der Waals surface area contributed by atoms with Crippen molar-refractivity contribution in [3.8, 4) is 0 Å². The van der Waals surface area contributed by atoms with Gasteiger partial charge in [-0.05, 0) is 32.1 Å². The number of hydrogen-bond donors (Lipinski definition) is 0. The highest BCUT2D eigenvalue weighted by atomic mass is 13.9. The van der Waals surface area contributed by atoms with Crippen LogP contribution in [0.5, 0.6) is 0 Å². The molecule has 0 rings (SSSR count). The predicted octanol–water partition coefficient (Wildman–Crippen LogP) is 6.41. The van der Waals surface area contributed by atoms with Crippen LogP contribution in [-0.4, -0.2) is 0 Å². The monoisotopic (exact) mass is 247 g/mol. The molecular weight excluding hydrogens is 216 g/mol. The van der Waals surface area contributed by atoms with Gasteiger partial charge in [0.1, 0.15) is 0 Å². The first-order valence-electron chi connectivity index (χ1n) is 7.67. The maximum absolute atomic E-state index is 3.86. The summed E-state index contributed by atoms with van der Waals surface area (Å²) in [6.07, 6.45) is 26.0. The van der Waals surface area contributed by atoms with Gasteiger partial charge in [0.15, 0.2) is 0 Å². The van der Waals surface area contributed by atoms with Crippen LogP contribution in [0, 0.1) is 6.92 Å². The number of unbranched alkanes of at least 4 members (excludes halogenated alkanes) is 7. The number of hydrogen-bond acceptors (Lipinski definition) is 0. The highest BCUT2D eigenvalue weighted by molar-refractivity contribution is 5.02. The maximum atomic E-state index is 3.86. The summed E-state index contributed by atoms with van der Waals surface area (Å²) in [7, 11) is 0. The smallest absolute Gasteiger partial charge is 0.0313 e. The third-order valence-electron chi connectivity index (χ3n) is 2.91. The first kappa shape index (κ1) is 17.2. The molecule has 0 aliphatic heterocycles. The Morgan fingerprint density at radius 2 is 1.28 bits per heavy atom. The zero-order chi connectivity index (χ0) is 13.3. The van der Waals surface area contributed by atoms with E-state index in [4.69, 9.17) is 0 Å². The normalized spacial score (nSPS) is 12.3. The molecule has 0 aliphatic carbocycles. The van der Waals surface area contributed by atoms with Gasteiger partial charge in [-0.15, -0.1) is 0 Å². The second-order valence-corrected chi connectivity index (χ2v) is 4.72. The fourth-order valence-corrected chi connectivity index (χ4v) is 1.80. The van der Waals surface area contributed by atoms with Crippen LogP contribution in [0.15, 0.2) is 36.5 Å². The van der Waals surface area contributed by atoms with Crippen molar-refractivity contribution in [1.82, 2.24) is 0 Å². The van der Waals surface area contributed by atoms with Gasteiger partial charge in [-0.2, -0.15) is 0 Å². The Morgan fingerprint density at radius 1 is 0.667 bits per heavy atom. The molecule has 0 aromatic carbocycles. The molecule has 0 heterocycles. The first-order valence-corrected chi connectivity index (χ1v) is 7.67. The summed E-state index contributed by atoms with van der Waals surface area (Å²) < 4.78 is 0. The van der Waals surface area contributed by atoms with Crippen molar-refractivity contribution in [3.05, 3.63) is 43.4 Å². The van der Waals surface area contributed by atoms with Gasteiger partial charge in [-0.25, -0.2) is 0 Å². The molecule has 0 saturated carbocycles. The molecule has 0 bridgehead atoms. The van der Waals surface area contributed by atoms with E-state index in [2.05, 4.69) is 50.3 Å². The molecule has 0 N–H and O–H groups in total. The van der Waals surface area contributed by atoms with Gasteiger partial charge in [0.25, 0.3) is 0 Å². The lowest BCUT2D eigenvalue weighted by Gasteiger charge is -1.97. The molecule has 0 aromatic rings. The molecule has 0 atom stereocenters. The molecule has 18 heavy (non-hydrogen) atoms. The third-order valence-corrected chi connectivity index (χ3v) is 2.91. The van der Waals surface area contributed by atoms with E-state index in [1.54, 1.807) is 0 Å². The van der Waals surface area contributed by atoms with E-state index in [0.29, 0.717) is 0 Å². The van der Waals surface area contributed by atoms with Crippen molar-refractivity contribution in [1.29, 1.82) is 0 Å². The Balaban J connectivity index is 3.21. The van der Waals surface area contributed by atoms with E-state index >= 15 is 0 Å². The lowest BCUT2D eigenvalue weighted by Crippen LogP contribution is -1.77. The quantitative estimate of drug-likeness (QED) is 0.212. The largest absolute Gasteiger partial charge is 0.0888 e. The average molecular weight is 247 g/mol. The van der Waals surface area contributed by atoms with Crippen LogP contribution in [0.3, 0.4) is 0 Å². The first-order chi connectivity index (χ1) is 8.91. The van der Waals surface area contributed by atoms with Crippen molar-refractivity contribution >= 4 is 0 Å². The van der Waals surface area contributed by atoms with Gasteiger partial charge in [0, 0.05) is 0 Å². The predicted molar refractivity (Wildman–Crippen MR) is 84.6 cm³/mol. The Hall–Kier alpha value is -0.780. The van der Waals surface area contributed by atoms with Crippen molar-refractivity contribution in [3.63, 3.8) is 0 Å². The number of rotatable bonds is 12. The SMILES string of the molecule is [CH2]CCCCCCC/C=C/C=C\CC/C=C/CC. The highest BCUT2D eigenvalue weighted by Crippen LogP contribution is 2.07. The van der Waals surface area contributed by atoms with Crippen molar-refractivity contribution in [2.24, 2.45) is 0 Å². The van der Waals surface area contributed by atoms with Crippen molar-refractivity contribution < 1.29 is 0 Å². The molecule has 0 unspecified atom stereocenters. The zero-order valence-corrected chi connectivity index (χ0v) is 12.2. The summed E-state index contributed by atoms with van der Waals surface area (Å²) in [6, 6.07) is 0. The maximum Gasteiger partial charge on any atom is -0.0313 e. The van der Waals surface area contributed by atoms with E-state index in [0.717, 1.165) is 19.3 Å². The minimum absolute atomic E-state index is 1.10. The van der Waals surface area contributed by atoms with Crippen LogP contribution in [-0.2, 0) is 0 Å². The molecule has 0 spiro atoms. The Kier molecular flexibility index (Phi) is 15.5. The molecule has 0 amide bonds. The van der Waals surface area contributed by atoms with Crippen LogP contribution < -0.4 is 0 Å². The second-order valence-electron chi connectivity index (χ2n) is 4.72. The van der Waals surface area contributed by atoms with Gasteiger partial charge >= 0.3 is 0 Å². The Labute approximate surface area is 115 Å². The van der Waals surface area contributed by atoms with Gasteiger partial charge in [-0.1, -0.05) is 82.4 Å². The minimum atomic E-state index is 1.10. The van der Waals surface area contributed by atoms with Crippen LogP contribution in [0.25, 0.3) is 0 Å². The van der Waals surface area contributed by atoms with E-state index in [1.807, 2.05) is 0 Å². The zero-order valence-electron chi connectivity index (χ0n) is 12.2.